The molecule has 0 aliphatic heterocycles. The normalized spacial score (nSPS) is 11.1. The molecule has 0 saturated carbocycles. The van der Waals surface area contributed by atoms with E-state index < -0.39 is 0 Å². The van der Waals surface area contributed by atoms with Crippen LogP contribution in [0.3, 0.4) is 0 Å². The van der Waals surface area contributed by atoms with Crippen LogP contribution in [0.5, 0.6) is 0 Å². The van der Waals surface area contributed by atoms with Crippen LogP contribution in [0.15, 0.2) is 0 Å². The highest BCUT2D eigenvalue weighted by Crippen LogP contribution is 2.09. The van der Waals surface area contributed by atoms with Gasteiger partial charge in [-0.05, 0) is 19.9 Å². The van der Waals surface area contributed by atoms with Gasteiger partial charge in [0.25, 0.3) is 0 Å². The van der Waals surface area contributed by atoms with Gasteiger partial charge in [0.05, 0.1) is 0 Å². The lowest BCUT2D eigenvalue weighted by Crippen LogP contribution is -2.37. The van der Waals surface area contributed by atoms with Gasteiger partial charge < -0.3 is 15.5 Å². The minimum Gasteiger partial charge on any atom is -0.355 e. The number of carbonyl (C=O) groups excluding carboxylic acids is 2. The Morgan fingerprint density at radius 2 is 0.900 bits per heavy atom. The van der Waals surface area contributed by atoms with Gasteiger partial charge in [-0.15, -0.1) is 0 Å². The predicted octanol–water partition coefficient (Wildman–Crippen LogP) is 5.43. The molecule has 5 heteroatoms. The summed E-state index contributed by atoms with van der Waals surface area (Å²) < 4.78 is 0. The molecule has 0 bridgehead atoms. The summed E-state index contributed by atoms with van der Waals surface area (Å²) in [6.45, 7) is 7.45. The van der Waals surface area contributed by atoms with Crippen molar-refractivity contribution in [1.82, 2.24) is 15.5 Å². The molecule has 2 amide bonds. The summed E-state index contributed by atoms with van der Waals surface area (Å²) in [5, 5.41) is 6.02. The topological polar surface area (TPSA) is 61.4 Å². The van der Waals surface area contributed by atoms with Crippen LogP contribution in [-0.2, 0) is 9.59 Å². The van der Waals surface area contributed by atoms with Crippen molar-refractivity contribution in [3.8, 4) is 0 Å². The zero-order chi connectivity index (χ0) is 22.3. The lowest BCUT2D eigenvalue weighted by Gasteiger charge is -2.17. The molecule has 0 saturated heterocycles. The quantitative estimate of drug-likeness (QED) is 0.227. The molecular formula is C25H51N3O2. The first-order chi connectivity index (χ1) is 14.6. The maximum atomic E-state index is 11.9. The Balaban J connectivity index is 3.44. The van der Waals surface area contributed by atoms with Crippen LogP contribution >= 0.6 is 0 Å². The van der Waals surface area contributed by atoms with Crippen molar-refractivity contribution < 1.29 is 9.59 Å². The number of hydrogen-bond acceptors (Lipinski definition) is 3. The average Bonchev–Trinajstić information content (AvgIpc) is 2.72. The number of amides is 2. The molecule has 0 rings (SSSR count). The van der Waals surface area contributed by atoms with Crippen LogP contribution in [0.4, 0.5) is 0 Å². The average molecular weight is 426 g/mol. The largest absolute Gasteiger partial charge is 0.355 e. The standard InChI is InChI=1S/C25H51N3O2/c1-4-6-8-10-12-14-16-18-24(29)26-20-22-28(3)23-21-27-25(30)19-17-15-13-11-9-7-5-2/h4-23H2,1-3H3,(H,26,29)(H,27,30). The van der Waals surface area contributed by atoms with Gasteiger partial charge in [0.2, 0.25) is 11.8 Å². The molecule has 2 N–H and O–H groups in total. The fraction of sp³-hybridized carbons (Fsp3) is 0.920. The van der Waals surface area contributed by atoms with Crippen LogP contribution in [0.2, 0.25) is 0 Å². The molecule has 0 aromatic rings. The molecule has 0 heterocycles. The Bertz CT molecular complexity index is 366. The van der Waals surface area contributed by atoms with Crippen molar-refractivity contribution >= 4 is 11.8 Å². The zero-order valence-corrected chi connectivity index (χ0v) is 20.4. The van der Waals surface area contributed by atoms with Crippen molar-refractivity contribution in [2.45, 2.75) is 117 Å². The third-order valence-corrected chi connectivity index (χ3v) is 5.65. The Morgan fingerprint density at radius 1 is 0.567 bits per heavy atom. The molecule has 5 nitrogen and oxygen atoms in total. The van der Waals surface area contributed by atoms with E-state index in [2.05, 4.69) is 29.4 Å². The summed E-state index contributed by atoms with van der Waals surface area (Å²) in [5.41, 5.74) is 0. The third kappa shape index (κ3) is 21.6. The number of likely N-dealkylation sites (N-methyl/N-ethyl adjacent to an activating group) is 1. The molecule has 0 unspecified atom stereocenters. The number of hydrogen-bond donors (Lipinski definition) is 2. The molecule has 30 heavy (non-hydrogen) atoms. The lowest BCUT2D eigenvalue weighted by molar-refractivity contribution is -0.121. The van der Waals surface area contributed by atoms with E-state index in [9.17, 15) is 9.59 Å². The van der Waals surface area contributed by atoms with Crippen molar-refractivity contribution in [3.05, 3.63) is 0 Å². The first-order valence-electron chi connectivity index (χ1n) is 12.8. The fourth-order valence-corrected chi connectivity index (χ4v) is 3.55. The zero-order valence-electron chi connectivity index (χ0n) is 20.4. The van der Waals surface area contributed by atoms with Gasteiger partial charge in [0.1, 0.15) is 0 Å². The minimum atomic E-state index is 0.167. The van der Waals surface area contributed by atoms with E-state index in [0.29, 0.717) is 25.9 Å². The summed E-state index contributed by atoms with van der Waals surface area (Å²) in [5.74, 6) is 0.333. The predicted molar refractivity (Wildman–Crippen MR) is 129 cm³/mol. The summed E-state index contributed by atoms with van der Waals surface area (Å²) in [4.78, 5) is 25.9. The Labute approximate surface area is 187 Å². The summed E-state index contributed by atoms with van der Waals surface area (Å²) in [6.07, 6.45) is 18.6. The highest BCUT2D eigenvalue weighted by Gasteiger charge is 2.04. The summed E-state index contributed by atoms with van der Waals surface area (Å²) in [7, 11) is 2.03. The molecule has 178 valence electrons. The molecule has 0 fully saturated rings. The summed E-state index contributed by atoms with van der Waals surface area (Å²) in [6, 6.07) is 0. The maximum Gasteiger partial charge on any atom is 0.220 e. The lowest BCUT2D eigenvalue weighted by atomic mass is 10.1. The van der Waals surface area contributed by atoms with E-state index in [0.717, 1.165) is 38.8 Å². The number of rotatable bonds is 22. The molecular weight excluding hydrogens is 374 g/mol. The van der Waals surface area contributed by atoms with Gasteiger partial charge >= 0.3 is 0 Å². The van der Waals surface area contributed by atoms with E-state index in [1.54, 1.807) is 0 Å². The fourth-order valence-electron chi connectivity index (χ4n) is 3.55. The van der Waals surface area contributed by atoms with Crippen LogP contribution in [0.1, 0.15) is 117 Å². The van der Waals surface area contributed by atoms with Gasteiger partial charge in [-0.25, -0.2) is 0 Å². The van der Waals surface area contributed by atoms with E-state index in [1.807, 2.05) is 7.05 Å². The van der Waals surface area contributed by atoms with Gasteiger partial charge in [0, 0.05) is 39.0 Å². The number of unbranched alkanes of at least 4 members (excludes halogenated alkanes) is 12. The molecule has 0 aliphatic rings. The SMILES string of the molecule is CCCCCCCCCC(=O)NCCN(C)CCNC(=O)CCCCCCCCC. The second kappa shape index (κ2) is 22.6. The van der Waals surface area contributed by atoms with Crippen molar-refractivity contribution in [2.24, 2.45) is 0 Å². The van der Waals surface area contributed by atoms with Crippen molar-refractivity contribution in [2.75, 3.05) is 33.2 Å². The highest BCUT2D eigenvalue weighted by molar-refractivity contribution is 5.76. The molecule has 0 aromatic carbocycles. The first-order valence-corrected chi connectivity index (χ1v) is 12.8. The van der Waals surface area contributed by atoms with Crippen molar-refractivity contribution in [1.29, 1.82) is 0 Å². The van der Waals surface area contributed by atoms with Gasteiger partial charge in [-0.3, -0.25) is 9.59 Å². The highest BCUT2D eigenvalue weighted by atomic mass is 16.2. The number of nitrogens with zero attached hydrogens (tertiary/aromatic N) is 1. The number of nitrogens with one attached hydrogen (secondary N) is 2. The smallest absolute Gasteiger partial charge is 0.220 e. The molecule has 0 spiro atoms. The monoisotopic (exact) mass is 425 g/mol. The molecule has 0 radical (unpaired) electrons. The van der Waals surface area contributed by atoms with E-state index in [1.165, 1.54) is 64.2 Å². The molecule has 0 aromatic heterocycles. The second-order valence-electron chi connectivity index (χ2n) is 8.75. The first kappa shape index (κ1) is 28.9. The maximum absolute atomic E-state index is 11.9. The minimum absolute atomic E-state index is 0.167. The molecule has 0 aliphatic carbocycles. The van der Waals surface area contributed by atoms with E-state index >= 15 is 0 Å². The number of carbonyl (C=O) groups is 2. The van der Waals surface area contributed by atoms with Crippen LogP contribution in [-0.4, -0.2) is 49.9 Å². The second-order valence-corrected chi connectivity index (χ2v) is 8.75. The van der Waals surface area contributed by atoms with E-state index in [4.69, 9.17) is 0 Å². The van der Waals surface area contributed by atoms with Crippen LogP contribution in [0, 0.1) is 0 Å². The third-order valence-electron chi connectivity index (χ3n) is 5.65. The van der Waals surface area contributed by atoms with Gasteiger partial charge in [0.15, 0.2) is 0 Å². The Hall–Kier alpha value is -1.10. The Kier molecular flexibility index (Phi) is 21.8. The van der Waals surface area contributed by atoms with Gasteiger partial charge in [-0.2, -0.15) is 0 Å². The van der Waals surface area contributed by atoms with Crippen LogP contribution in [0.25, 0.3) is 0 Å². The van der Waals surface area contributed by atoms with E-state index in [-0.39, 0.29) is 11.8 Å². The molecule has 0 atom stereocenters. The Morgan fingerprint density at radius 3 is 1.27 bits per heavy atom. The van der Waals surface area contributed by atoms with Crippen LogP contribution < -0.4 is 10.6 Å². The van der Waals surface area contributed by atoms with Crippen molar-refractivity contribution in [3.63, 3.8) is 0 Å². The summed E-state index contributed by atoms with van der Waals surface area (Å²) >= 11 is 0. The van der Waals surface area contributed by atoms with Gasteiger partial charge in [-0.1, -0.05) is 90.9 Å².